The van der Waals surface area contributed by atoms with Crippen molar-refractivity contribution < 1.29 is 9.59 Å². The summed E-state index contributed by atoms with van der Waals surface area (Å²) in [5.41, 5.74) is 2.00. The fraction of sp³-hybridized carbons (Fsp3) is 0.611. The summed E-state index contributed by atoms with van der Waals surface area (Å²) in [6.45, 7) is 8.78. The Morgan fingerprint density at radius 1 is 1.29 bits per heavy atom. The number of amides is 2. The molecule has 3 rings (SSSR count). The second-order valence-corrected chi connectivity index (χ2v) is 7.24. The monoisotopic (exact) mass is 330 g/mol. The van der Waals surface area contributed by atoms with Gasteiger partial charge in [0.15, 0.2) is 0 Å². The van der Waals surface area contributed by atoms with Crippen molar-refractivity contribution >= 4 is 11.8 Å². The molecular weight excluding hydrogens is 304 g/mol. The molecule has 3 heterocycles. The standard InChI is InChI=1S/C18H26N4O2/c1-12(2)9-15-18(24)22-8-7-21(11-16(22)17(23)20-15)10-14-6-4-5-13(3)19-14/h4-6,12,15-16H,7-11H2,1-3H3,(H,20,23)/t15-,16-/m1/s1. The predicted octanol–water partition coefficient (Wildman–Crippen LogP) is 0.947. The molecule has 0 saturated carbocycles. The number of carbonyl (C=O) groups is 2. The minimum absolute atomic E-state index is 0.0258. The highest BCUT2D eigenvalue weighted by Gasteiger charge is 2.43. The first-order chi connectivity index (χ1) is 11.4. The fourth-order valence-corrected chi connectivity index (χ4v) is 3.55. The van der Waals surface area contributed by atoms with E-state index in [2.05, 4.69) is 29.0 Å². The lowest BCUT2D eigenvalue weighted by Crippen LogP contribution is -2.69. The van der Waals surface area contributed by atoms with Gasteiger partial charge in [0.25, 0.3) is 0 Å². The van der Waals surface area contributed by atoms with E-state index < -0.39 is 0 Å². The van der Waals surface area contributed by atoms with Crippen LogP contribution in [0.4, 0.5) is 0 Å². The maximum Gasteiger partial charge on any atom is 0.245 e. The third-order valence-corrected chi connectivity index (χ3v) is 4.70. The molecule has 0 spiro atoms. The van der Waals surface area contributed by atoms with Gasteiger partial charge in [0.05, 0.1) is 5.69 Å². The molecule has 130 valence electrons. The average Bonchev–Trinajstić information content (AvgIpc) is 2.52. The highest BCUT2D eigenvalue weighted by Crippen LogP contribution is 2.20. The third kappa shape index (κ3) is 3.59. The number of carbonyl (C=O) groups excluding carboxylic acids is 2. The van der Waals surface area contributed by atoms with Gasteiger partial charge in [-0.3, -0.25) is 19.5 Å². The van der Waals surface area contributed by atoms with Gasteiger partial charge < -0.3 is 10.2 Å². The first-order valence-corrected chi connectivity index (χ1v) is 8.70. The van der Waals surface area contributed by atoms with Crippen LogP contribution in [0.15, 0.2) is 18.2 Å². The smallest absolute Gasteiger partial charge is 0.245 e. The zero-order chi connectivity index (χ0) is 17.3. The highest BCUT2D eigenvalue weighted by molar-refractivity contribution is 5.97. The number of nitrogens with zero attached hydrogens (tertiary/aromatic N) is 3. The first kappa shape index (κ1) is 16.9. The molecule has 0 unspecified atom stereocenters. The van der Waals surface area contributed by atoms with Crippen LogP contribution >= 0.6 is 0 Å². The normalized spacial score (nSPS) is 24.9. The molecular formula is C18H26N4O2. The summed E-state index contributed by atoms with van der Waals surface area (Å²) in [4.78, 5) is 33.6. The average molecular weight is 330 g/mol. The molecule has 6 nitrogen and oxygen atoms in total. The van der Waals surface area contributed by atoms with Gasteiger partial charge in [-0.05, 0) is 31.4 Å². The Labute approximate surface area is 143 Å². The molecule has 2 atom stereocenters. The van der Waals surface area contributed by atoms with Crippen LogP contribution in [0.1, 0.15) is 31.7 Å². The number of hydrogen-bond donors (Lipinski definition) is 1. The molecule has 2 aliphatic heterocycles. The Bertz CT molecular complexity index is 631. The van der Waals surface area contributed by atoms with E-state index in [1.807, 2.05) is 25.1 Å². The summed E-state index contributed by atoms with van der Waals surface area (Å²) in [7, 11) is 0. The van der Waals surface area contributed by atoms with Crippen molar-refractivity contribution in [1.82, 2.24) is 20.1 Å². The van der Waals surface area contributed by atoms with Crippen LogP contribution in [0.2, 0.25) is 0 Å². The van der Waals surface area contributed by atoms with Gasteiger partial charge in [-0.15, -0.1) is 0 Å². The van der Waals surface area contributed by atoms with Crippen molar-refractivity contribution in [2.75, 3.05) is 19.6 Å². The Kier molecular flexibility index (Phi) is 4.85. The third-order valence-electron chi connectivity index (χ3n) is 4.70. The lowest BCUT2D eigenvalue weighted by atomic mass is 9.97. The number of rotatable bonds is 4. The van der Waals surface area contributed by atoms with Crippen molar-refractivity contribution in [3.8, 4) is 0 Å². The van der Waals surface area contributed by atoms with Crippen molar-refractivity contribution in [2.45, 2.75) is 45.8 Å². The van der Waals surface area contributed by atoms with E-state index in [4.69, 9.17) is 0 Å². The van der Waals surface area contributed by atoms with E-state index in [0.717, 1.165) is 17.9 Å². The molecule has 2 fully saturated rings. The highest BCUT2D eigenvalue weighted by atomic mass is 16.2. The number of piperazine rings is 2. The number of aromatic nitrogens is 1. The van der Waals surface area contributed by atoms with Gasteiger partial charge in [-0.25, -0.2) is 0 Å². The van der Waals surface area contributed by atoms with Crippen molar-refractivity contribution in [3.63, 3.8) is 0 Å². The summed E-state index contributed by atoms with van der Waals surface area (Å²) >= 11 is 0. The SMILES string of the molecule is Cc1cccc(CN2CCN3C(=O)[C@@H](CC(C)C)NC(=O)[C@H]3C2)n1. The minimum Gasteiger partial charge on any atom is -0.342 e. The molecule has 2 amide bonds. The second-order valence-electron chi connectivity index (χ2n) is 7.24. The topological polar surface area (TPSA) is 65.5 Å². The van der Waals surface area contributed by atoms with E-state index in [0.29, 0.717) is 32.0 Å². The summed E-state index contributed by atoms with van der Waals surface area (Å²) in [5.74, 6) is 0.424. The van der Waals surface area contributed by atoms with Gasteiger partial charge in [0.1, 0.15) is 12.1 Å². The van der Waals surface area contributed by atoms with Gasteiger partial charge in [0, 0.05) is 31.9 Å². The van der Waals surface area contributed by atoms with Gasteiger partial charge in [-0.2, -0.15) is 0 Å². The van der Waals surface area contributed by atoms with E-state index >= 15 is 0 Å². The Balaban J connectivity index is 1.66. The van der Waals surface area contributed by atoms with Crippen LogP contribution in [-0.4, -0.2) is 58.3 Å². The zero-order valence-corrected chi connectivity index (χ0v) is 14.7. The molecule has 0 aliphatic carbocycles. The first-order valence-electron chi connectivity index (χ1n) is 8.70. The second kappa shape index (κ2) is 6.89. The molecule has 0 bridgehead atoms. The maximum atomic E-state index is 12.6. The fourth-order valence-electron chi connectivity index (χ4n) is 3.55. The molecule has 24 heavy (non-hydrogen) atoms. The summed E-state index contributed by atoms with van der Waals surface area (Å²) in [6.07, 6.45) is 0.699. The van der Waals surface area contributed by atoms with Crippen molar-refractivity contribution in [3.05, 3.63) is 29.6 Å². The van der Waals surface area contributed by atoms with Crippen molar-refractivity contribution in [2.24, 2.45) is 5.92 Å². The lowest BCUT2D eigenvalue weighted by Gasteiger charge is -2.45. The van der Waals surface area contributed by atoms with Gasteiger partial charge in [0.2, 0.25) is 11.8 Å². The molecule has 1 N–H and O–H groups in total. The number of fused-ring (bicyclic) bond motifs is 1. The summed E-state index contributed by atoms with van der Waals surface area (Å²) in [5, 5.41) is 2.92. The molecule has 0 aromatic carbocycles. The maximum absolute atomic E-state index is 12.6. The predicted molar refractivity (Wildman–Crippen MR) is 91.1 cm³/mol. The van der Waals surface area contributed by atoms with E-state index in [1.54, 1.807) is 4.90 Å². The largest absolute Gasteiger partial charge is 0.342 e. The summed E-state index contributed by atoms with van der Waals surface area (Å²) in [6, 6.07) is 5.24. The van der Waals surface area contributed by atoms with E-state index in [9.17, 15) is 9.59 Å². The molecule has 1 aromatic heterocycles. The number of pyridine rings is 1. The van der Waals surface area contributed by atoms with Gasteiger partial charge in [-0.1, -0.05) is 19.9 Å². The van der Waals surface area contributed by atoms with E-state index in [1.165, 1.54) is 0 Å². The van der Waals surface area contributed by atoms with Crippen LogP contribution in [0.3, 0.4) is 0 Å². The molecule has 6 heteroatoms. The number of aryl methyl sites for hydroxylation is 1. The summed E-state index contributed by atoms with van der Waals surface area (Å²) < 4.78 is 0. The van der Waals surface area contributed by atoms with E-state index in [-0.39, 0.29) is 23.9 Å². The number of hydrogen-bond acceptors (Lipinski definition) is 4. The van der Waals surface area contributed by atoms with Crippen LogP contribution in [0, 0.1) is 12.8 Å². The molecule has 1 aromatic rings. The zero-order valence-electron chi connectivity index (χ0n) is 14.7. The van der Waals surface area contributed by atoms with Gasteiger partial charge >= 0.3 is 0 Å². The molecule has 2 aliphatic rings. The Hall–Kier alpha value is -1.95. The quantitative estimate of drug-likeness (QED) is 0.893. The van der Waals surface area contributed by atoms with Crippen LogP contribution < -0.4 is 5.32 Å². The van der Waals surface area contributed by atoms with Crippen LogP contribution in [0.25, 0.3) is 0 Å². The van der Waals surface area contributed by atoms with Crippen LogP contribution in [-0.2, 0) is 16.1 Å². The molecule has 2 saturated heterocycles. The minimum atomic E-state index is -0.375. The number of nitrogens with one attached hydrogen (secondary N) is 1. The Morgan fingerprint density at radius 2 is 2.08 bits per heavy atom. The lowest BCUT2D eigenvalue weighted by molar-refractivity contribution is -0.153. The molecule has 0 radical (unpaired) electrons. The van der Waals surface area contributed by atoms with Crippen molar-refractivity contribution in [1.29, 1.82) is 0 Å². The Morgan fingerprint density at radius 3 is 2.79 bits per heavy atom. The van der Waals surface area contributed by atoms with Crippen LogP contribution in [0.5, 0.6) is 0 Å².